The van der Waals surface area contributed by atoms with Crippen LogP contribution >= 0.6 is 0 Å². The molecule has 4 aliphatic rings. The molecule has 1 heterocycles. The van der Waals surface area contributed by atoms with E-state index < -0.39 is 0 Å². The van der Waals surface area contributed by atoms with Crippen LogP contribution < -0.4 is 5.32 Å². The molecule has 6 atom stereocenters. The van der Waals surface area contributed by atoms with Crippen molar-refractivity contribution in [1.29, 1.82) is 0 Å². The van der Waals surface area contributed by atoms with Crippen molar-refractivity contribution in [2.24, 2.45) is 34.5 Å². The normalized spacial score (nSPS) is 41.4. The zero-order valence-electron chi connectivity index (χ0n) is 19.3. The van der Waals surface area contributed by atoms with Gasteiger partial charge in [0.15, 0.2) is 5.78 Å². The smallest absolute Gasteiger partial charge is 0.226 e. The standard InChI is InChI=1S/C25H40N2O2/c1-15(2)27(16(3)4)23(29)21-8-7-19-18-14-26-22-13-17(28)9-11-25(22,6)20(18)10-12-24(19,21)5/h13,15-16,18-21,26H,7-12,14H2,1-6H3/t18-,19-,20+,21?,24-,25+/m0/s1. The Morgan fingerprint density at radius 2 is 1.76 bits per heavy atom. The topological polar surface area (TPSA) is 49.4 Å². The Balaban J connectivity index is 1.60. The summed E-state index contributed by atoms with van der Waals surface area (Å²) in [5, 5.41) is 3.67. The van der Waals surface area contributed by atoms with Crippen molar-refractivity contribution < 1.29 is 9.59 Å². The molecule has 1 unspecified atom stereocenters. The van der Waals surface area contributed by atoms with E-state index in [1.165, 1.54) is 18.5 Å². The fourth-order valence-electron chi connectivity index (χ4n) is 7.84. The number of nitrogens with zero attached hydrogens (tertiary/aromatic N) is 1. The van der Waals surface area contributed by atoms with E-state index in [0.717, 1.165) is 25.8 Å². The van der Waals surface area contributed by atoms with Gasteiger partial charge in [0.25, 0.3) is 0 Å². The maximum Gasteiger partial charge on any atom is 0.226 e. The van der Waals surface area contributed by atoms with Gasteiger partial charge < -0.3 is 10.2 Å². The first-order valence-corrected chi connectivity index (χ1v) is 11.9. The van der Waals surface area contributed by atoms with E-state index >= 15 is 0 Å². The zero-order chi connectivity index (χ0) is 21.1. The van der Waals surface area contributed by atoms with Crippen molar-refractivity contribution in [3.8, 4) is 0 Å². The number of nitrogens with one attached hydrogen (secondary N) is 1. The summed E-state index contributed by atoms with van der Waals surface area (Å²) in [6.45, 7) is 14.4. The van der Waals surface area contributed by atoms with Crippen LogP contribution in [0.15, 0.2) is 11.8 Å². The Morgan fingerprint density at radius 3 is 2.41 bits per heavy atom. The summed E-state index contributed by atoms with van der Waals surface area (Å²) in [6, 6.07) is 0.508. The third-order valence-electron chi connectivity index (χ3n) is 9.26. The van der Waals surface area contributed by atoms with Crippen LogP contribution in [0.2, 0.25) is 0 Å². The SMILES string of the molecule is CC(C)N(C(=O)C1CC[C@H]2[C@@H]3CNC4=CC(=O)CC[C@]4(C)[C@@H]3CC[C@]12C)C(C)C. The lowest BCUT2D eigenvalue weighted by atomic mass is 9.50. The molecule has 4 heteroatoms. The van der Waals surface area contributed by atoms with Gasteiger partial charge in [0.1, 0.15) is 0 Å². The lowest BCUT2D eigenvalue weighted by Crippen LogP contribution is -2.57. The van der Waals surface area contributed by atoms with Crippen molar-refractivity contribution in [2.45, 2.75) is 92.2 Å². The van der Waals surface area contributed by atoms with Gasteiger partial charge in [-0.1, -0.05) is 13.8 Å². The summed E-state index contributed by atoms with van der Waals surface area (Å²) in [4.78, 5) is 27.7. The first-order valence-electron chi connectivity index (χ1n) is 11.9. The molecule has 1 N–H and O–H groups in total. The molecule has 4 rings (SSSR count). The van der Waals surface area contributed by atoms with E-state index in [9.17, 15) is 9.59 Å². The van der Waals surface area contributed by atoms with E-state index in [2.05, 4.69) is 51.8 Å². The molecule has 29 heavy (non-hydrogen) atoms. The number of hydrogen-bond acceptors (Lipinski definition) is 3. The minimum absolute atomic E-state index is 0.113. The van der Waals surface area contributed by atoms with Crippen LogP contribution in [-0.2, 0) is 9.59 Å². The number of ketones is 1. The summed E-state index contributed by atoms with van der Waals surface area (Å²) in [5.41, 5.74) is 1.42. The Hall–Kier alpha value is -1.32. The Kier molecular flexibility index (Phi) is 5.15. The quantitative estimate of drug-likeness (QED) is 0.756. The van der Waals surface area contributed by atoms with Crippen molar-refractivity contribution >= 4 is 11.7 Å². The van der Waals surface area contributed by atoms with Crippen molar-refractivity contribution in [3.63, 3.8) is 0 Å². The molecule has 1 aliphatic heterocycles. The maximum atomic E-state index is 13.6. The van der Waals surface area contributed by atoms with Crippen molar-refractivity contribution in [1.82, 2.24) is 10.2 Å². The number of rotatable bonds is 3. The number of allylic oxidation sites excluding steroid dienone is 2. The van der Waals surface area contributed by atoms with Crippen LogP contribution in [0, 0.1) is 34.5 Å². The molecule has 162 valence electrons. The summed E-state index contributed by atoms with van der Waals surface area (Å²) < 4.78 is 0. The average Bonchev–Trinajstić information content (AvgIpc) is 2.99. The molecule has 2 saturated carbocycles. The Labute approximate surface area is 176 Å². The van der Waals surface area contributed by atoms with E-state index in [1.807, 2.05) is 6.08 Å². The van der Waals surface area contributed by atoms with Crippen molar-refractivity contribution in [2.75, 3.05) is 6.54 Å². The molecule has 0 aromatic heterocycles. The van der Waals surface area contributed by atoms with E-state index in [1.54, 1.807) is 0 Å². The minimum atomic E-state index is 0.113. The summed E-state index contributed by atoms with van der Waals surface area (Å²) in [6.07, 6.45) is 8.10. The van der Waals surface area contributed by atoms with Crippen LogP contribution in [0.3, 0.4) is 0 Å². The van der Waals surface area contributed by atoms with Gasteiger partial charge in [0, 0.05) is 48.2 Å². The molecule has 1 amide bonds. The second-order valence-corrected chi connectivity index (χ2v) is 11.3. The van der Waals surface area contributed by atoms with E-state index in [-0.39, 0.29) is 34.6 Å². The lowest BCUT2D eigenvalue weighted by molar-refractivity contribution is -0.146. The van der Waals surface area contributed by atoms with E-state index in [0.29, 0.717) is 30.1 Å². The average molecular weight is 401 g/mol. The van der Waals surface area contributed by atoms with Gasteiger partial charge in [0.05, 0.1) is 0 Å². The highest BCUT2D eigenvalue weighted by molar-refractivity contribution is 5.91. The highest BCUT2D eigenvalue weighted by Gasteiger charge is 2.60. The number of hydrogen-bond donors (Lipinski definition) is 1. The second-order valence-electron chi connectivity index (χ2n) is 11.3. The van der Waals surface area contributed by atoms with Crippen LogP contribution in [-0.4, -0.2) is 35.2 Å². The Morgan fingerprint density at radius 1 is 1.07 bits per heavy atom. The molecule has 3 fully saturated rings. The van der Waals surface area contributed by atoms with Crippen LogP contribution in [0.25, 0.3) is 0 Å². The van der Waals surface area contributed by atoms with Gasteiger partial charge in [-0.15, -0.1) is 0 Å². The third-order valence-corrected chi connectivity index (χ3v) is 9.26. The maximum absolute atomic E-state index is 13.6. The monoisotopic (exact) mass is 400 g/mol. The highest BCUT2D eigenvalue weighted by atomic mass is 16.2. The van der Waals surface area contributed by atoms with Crippen molar-refractivity contribution in [3.05, 3.63) is 11.8 Å². The largest absolute Gasteiger partial charge is 0.387 e. The second kappa shape index (κ2) is 7.13. The number of amides is 1. The Bertz CT molecular complexity index is 718. The molecule has 0 radical (unpaired) electrons. The zero-order valence-corrected chi connectivity index (χ0v) is 19.3. The predicted molar refractivity (Wildman–Crippen MR) is 116 cm³/mol. The van der Waals surface area contributed by atoms with Gasteiger partial charge in [-0.05, 0) is 83.0 Å². The van der Waals surface area contributed by atoms with Crippen LogP contribution in [0.5, 0.6) is 0 Å². The predicted octanol–water partition coefficient (Wildman–Crippen LogP) is 4.55. The summed E-state index contributed by atoms with van der Waals surface area (Å²) in [7, 11) is 0. The molecule has 4 nitrogen and oxygen atoms in total. The van der Waals surface area contributed by atoms with Gasteiger partial charge in [-0.2, -0.15) is 0 Å². The molecule has 0 aromatic carbocycles. The van der Waals surface area contributed by atoms with E-state index in [4.69, 9.17) is 0 Å². The van der Waals surface area contributed by atoms with Crippen LogP contribution in [0.4, 0.5) is 0 Å². The highest BCUT2D eigenvalue weighted by Crippen LogP contribution is 2.64. The number of carbonyl (C=O) groups is 2. The molecule has 0 spiro atoms. The lowest BCUT2D eigenvalue weighted by Gasteiger charge is -2.58. The minimum Gasteiger partial charge on any atom is -0.387 e. The molecule has 1 saturated heterocycles. The third kappa shape index (κ3) is 3.08. The summed E-state index contributed by atoms with van der Waals surface area (Å²) >= 11 is 0. The van der Waals surface area contributed by atoms with Gasteiger partial charge in [-0.3, -0.25) is 9.59 Å². The number of carbonyl (C=O) groups excluding carboxylic acids is 2. The first kappa shape index (κ1) is 20.9. The molecular weight excluding hydrogens is 360 g/mol. The first-order chi connectivity index (χ1) is 13.6. The summed E-state index contributed by atoms with van der Waals surface area (Å²) in [5.74, 6) is 2.70. The fourth-order valence-corrected chi connectivity index (χ4v) is 7.84. The number of piperidine rings is 1. The fraction of sp³-hybridized carbons (Fsp3) is 0.840. The number of fused-ring (bicyclic) bond motifs is 5. The van der Waals surface area contributed by atoms with Crippen LogP contribution in [0.1, 0.15) is 80.1 Å². The molecule has 3 aliphatic carbocycles. The molecular formula is C25H40N2O2. The molecule has 0 aromatic rings. The van der Waals surface area contributed by atoms with Gasteiger partial charge >= 0.3 is 0 Å². The van der Waals surface area contributed by atoms with Gasteiger partial charge in [-0.25, -0.2) is 0 Å². The molecule has 0 bridgehead atoms. The van der Waals surface area contributed by atoms with Gasteiger partial charge in [0.2, 0.25) is 5.91 Å².